The van der Waals surface area contributed by atoms with E-state index in [1.165, 1.54) is 12.1 Å². The van der Waals surface area contributed by atoms with E-state index in [0.717, 1.165) is 23.6 Å². The molecule has 6 heteroatoms. The molecule has 0 bridgehead atoms. The Morgan fingerprint density at radius 2 is 1.96 bits per heavy atom. The first kappa shape index (κ1) is 18.1. The molecule has 4 rings (SSSR count). The van der Waals surface area contributed by atoms with Crippen LogP contribution in [0.2, 0.25) is 0 Å². The van der Waals surface area contributed by atoms with Gasteiger partial charge in [0, 0.05) is 30.8 Å². The molecule has 142 valence electrons. The third-order valence-corrected chi connectivity index (χ3v) is 5.42. The predicted molar refractivity (Wildman–Crippen MR) is 97.0 cm³/mol. The number of carbonyl (C=O) groups excluding carboxylic acids is 1. The van der Waals surface area contributed by atoms with Crippen molar-refractivity contribution >= 4 is 5.91 Å². The van der Waals surface area contributed by atoms with Gasteiger partial charge >= 0.3 is 0 Å². The maximum Gasteiger partial charge on any atom is 0.252 e. The largest absolute Gasteiger partial charge is 0.368 e. The van der Waals surface area contributed by atoms with Gasteiger partial charge in [0.1, 0.15) is 17.7 Å². The van der Waals surface area contributed by atoms with Crippen molar-refractivity contribution in [2.24, 2.45) is 5.73 Å². The highest BCUT2D eigenvalue weighted by Crippen LogP contribution is 2.37. The first-order valence-electron chi connectivity index (χ1n) is 9.25. The van der Waals surface area contributed by atoms with Gasteiger partial charge in [0.15, 0.2) is 0 Å². The average Bonchev–Trinajstić information content (AvgIpc) is 2.67. The van der Waals surface area contributed by atoms with Crippen LogP contribution in [-0.2, 0) is 16.0 Å². The molecule has 1 saturated heterocycles. The molecule has 2 aromatic carbocycles. The number of fused-ring (bicyclic) bond motifs is 1. The van der Waals surface area contributed by atoms with Crippen molar-refractivity contribution < 1.29 is 18.3 Å². The number of hydrogen-bond acceptors (Lipinski definition) is 3. The number of nitrogens with two attached hydrogens (primary N) is 1. The van der Waals surface area contributed by atoms with Crippen molar-refractivity contribution in [1.29, 1.82) is 0 Å². The summed E-state index contributed by atoms with van der Waals surface area (Å²) < 4.78 is 33.7. The molecule has 2 aliphatic heterocycles. The van der Waals surface area contributed by atoms with Crippen LogP contribution in [0.3, 0.4) is 0 Å². The van der Waals surface area contributed by atoms with E-state index in [1.807, 2.05) is 24.3 Å². The third kappa shape index (κ3) is 3.47. The minimum Gasteiger partial charge on any atom is -0.368 e. The zero-order valence-corrected chi connectivity index (χ0v) is 14.9. The van der Waals surface area contributed by atoms with Gasteiger partial charge in [0.05, 0.1) is 6.04 Å². The molecule has 1 fully saturated rings. The van der Waals surface area contributed by atoms with Crippen molar-refractivity contribution in [3.05, 3.63) is 70.8 Å². The molecule has 3 atom stereocenters. The Morgan fingerprint density at radius 1 is 1.15 bits per heavy atom. The number of ether oxygens (including phenoxy) is 1. The Bertz CT molecular complexity index is 858. The van der Waals surface area contributed by atoms with E-state index in [1.54, 1.807) is 4.90 Å². The van der Waals surface area contributed by atoms with Gasteiger partial charge in [0.25, 0.3) is 5.91 Å². The van der Waals surface area contributed by atoms with E-state index in [-0.39, 0.29) is 17.5 Å². The standard InChI is InChI=1S/C21H22F2N2O2/c22-14-5-6-17(18(23)11-14)20-16-4-2-1-3-13(16)7-9-25(20)21(26)19-12-15(24)8-10-27-19/h1-6,11,15,19-20H,7-10,12,24H2/t15-,19+,20+/m0/s1. The number of nitrogens with zero attached hydrogens (tertiary/aromatic N) is 1. The Hall–Kier alpha value is -2.31. The van der Waals surface area contributed by atoms with Gasteiger partial charge in [-0.15, -0.1) is 0 Å². The maximum atomic E-state index is 14.6. The van der Waals surface area contributed by atoms with E-state index in [9.17, 15) is 13.6 Å². The second-order valence-corrected chi connectivity index (χ2v) is 7.19. The van der Waals surface area contributed by atoms with Gasteiger partial charge in [-0.3, -0.25) is 4.79 Å². The van der Waals surface area contributed by atoms with Gasteiger partial charge in [-0.1, -0.05) is 30.3 Å². The van der Waals surface area contributed by atoms with Crippen molar-refractivity contribution in [1.82, 2.24) is 4.90 Å². The van der Waals surface area contributed by atoms with Crippen LogP contribution >= 0.6 is 0 Å². The topological polar surface area (TPSA) is 55.6 Å². The van der Waals surface area contributed by atoms with E-state index >= 15 is 0 Å². The van der Waals surface area contributed by atoms with E-state index < -0.39 is 23.8 Å². The second-order valence-electron chi connectivity index (χ2n) is 7.19. The number of rotatable bonds is 2. The van der Waals surface area contributed by atoms with Gasteiger partial charge in [0.2, 0.25) is 0 Å². The Kier molecular flexibility index (Phi) is 4.93. The van der Waals surface area contributed by atoms with E-state index in [4.69, 9.17) is 10.5 Å². The summed E-state index contributed by atoms with van der Waals surface area (Å²) in [6.07, 6.45) is 1.24. The first-order chi connectivity index (χ1) is 13.0. The van der Waals surface area contributed by atoms with Crippen LogP contribution in [0.15, 0.2) is 42.5 Å². The molecule has 4 nitrogen and oxygen atoms in total. The fourth-order valence-electron chi connectivity index (χ4n) is 4.04. The highest BCUT2D eigenvalue weighted by atomic mass is 19.1. The summed E-state index contributed by atoms with van der Waals surface area (Å²) in [5.74, 6) is -1.48. The lowest BCUT2D eigenvalue weighted by molar-refractivity contribution is -0.149. The number of carbonyl (C=O) groups is 1. The summed E-state index contributed by atoms with van der Waals surface area (Å²) in [7, 11) is 0. The minimum atomic E-state index is -0.657. The second kappa shape index (κ2) is 7.37. The zero-order chi connectivity index (χ0) is 19.0. The highest BCUT2D eigenvalue weighted by molar-refractivity contribution is 5.82. The van der Waals surface area contributed by atoms with Crippen LogP contribution in [-0.4, -0.2) is 36.1 Å². The highest BCUT2D eigenvalue weighted by Gasteiger charge is 2.38. The van der Waals surface area contributed by atoms with Crippen molar-refractivity contribution in [3.8, 4) is 0 Å². The Morgan fingerprint density at radius 3 is 2.74 bits per heavy atom. The van der Waals surface area contributed by atoms with Gasteiger partial charge < -0.3 is 15.4 Å². The summed E-state index contributed by atoms with van der Waals surface area (Å²) in [5, 5.41) is 0. The minimum absolute atomic E-state index is 0.0780. The summed E-state index contributed by atoms with van der Waals surface area (Å²) in [6.45, 7) is 0.893. The molecule has 27 heavy (non-hydrogen) atoms. The third-order valence-electron chi connectivity index (χ3n) is 5.42. The molecule has 0 aliphatic carbocycles. The maximum absolute atomic E-state index is 14.6. The lowest BCUT2D eigenvalue weighted by atomic mass is 9.87. The summed E-state index contributed by atoms with van der Waals surface area (Å²) in [5.41, 5.74) is 8.22. The van der Waals surface area contributed by atoms with Crippen molar-refractivity contribution in [3.63, 3.8) is 0 Å². The summed E-state index contributed by atoms with van der Waals surface area (Å²) in [4.78, 5) is 14.9. The molecule has 0 aromatic heterocycles. The Balaban J connectivity index is 1.75. The fraction of sp³-hybridized carbons (Fsp3) is 0.381. The van der Waals surface area contributed by atoms with Crippen LogP contribution in [0.5, 0.6) is 0 Å². The molecule has 0 radical (unpaired) electrons. The number of benzene rings is 2. The molecule has 2 N–H and O–H groups in total. The monoisotopic (exact) mass is 372 g/mol. The molecule has 2 aromatic rings. The predicted octanol–water partition coefficient (Wildman–Crippen LogP) is 2.95. The SMILES string of the molecule is N[C@H]1CCO[C@@H](C(=O)N2CCc3ccccc3[C@@H]2c2ccc(F)cc2F)C1. The van der Waals surface area contributed by atoms with Crippen LogP contribution in [0.25, 0.3) is 0 Å². The summed E-state index contributed by atoms with van der Waals surface area (Å²) in [6, 6.07) is 10.5. The molecular weight excluding hydrogens is 350 g/mol. The fourth-order valence-corrected chi connectivity index (χ4v) is 4.04. The van der Waals surface area contributed by atoms with Gasteiger partial charge in [-0.2, -0.15) is 0 Å². The molecule has 2 heterocycles. The Labute approximate surface area is 156 Å². The lowest BCUT2D eigenvalue weighted by Gasteiger charge is -2.40. The molecular formula is C21H22F2N2O2. The van der Waals surface area contributed by atoms with Crippen LogP contribution in [0, 0.1) is 11.6 Å². The van der Waals surface area contributed by atoms with Crippen molar-refractivity contribution in [2.75, 3.05) is 13.2 Å². The van der Waals surface area contributed by atoms with Crippen LogP contribution in [0.1, 0.15) is 35.6 Å². The number of amides is 1. The summed E-state index contributed by atoms with van der Waals surface area (Å²) >= 11 is 0. The number of halogens is 2. The van der Waals surface area contributed by atoms with Crippen LogP contribution < -0.4 is 5.73 Å². The molecule has 0 unspecified atom stereocenters. The molecule has 0 saturated carbocycles. The smallest absolute Gasteiger partial charge is 0.252 e. The van der Waals surface area contributed by atoms with Gasteiger partial charge in [-0.25, -0.2) is 8.78 Å². The molecule has 0 spiro atoms. The van der Waals surface area contributed by atoms with Crippen molar-refractivity contribution in [2.45, 2.75) is 37.5 Å². The number of hydrogen-bond donors (Lipinski definition) is 1. The average molecular weight is 372 g/mol. The first-order valence-corrected chi connectivity index (χ1v) is 9.25. The molecule has 2 aliphatic rings. The van der Waals surface area contributed by atoms with Gasteiger partial charge in [-0.05, 0) is 36.5 Å². The van der Waals surface area contributed by atoms with E-state index in [0.29, 0.717) is 26.0 Å². The van der Waals surface area contributed by atoms with E-state index in [2.05, 4.69) is 0 Å². The van der Waals surface area contributed by atoms with Crippen LogP contribution in [0.4, 0.5) is 8.78 Å². The zero-order valence-electron chi connectivity index (χ0n) is 14.9. The quantitative estimate of drug-likeness (QED) is 0.882. The normalized spacial score (nSPS) is 25.1. The molecule has 1 amide bonds. The lowest BCUT2D eigenvalue weighted by Crippen LogP contribution is -2.49.